The Hall–Kier alpha value is -2.64. The Kier molecular flexibility index (Phi) is 7.06. The molecule has 29 heavy (non-hydrogen) atoms. The van der Waals surface area contributed by atoms with Crippen LogP contribution in [0.25, 0.3) is 0 Å². The molecule has 3 rings (SSSR count). The lowest BCUT2D eigenvalue weighted by atomic mass is 10.1. The van der Waals surface area contributed by atoms with E-state index in [1.807, 2.05) is 6.07 Å². The Bertz CT molecular complexity index is 885. The first-order chi connectivity index (χ1) is 14.0. The molecule has 0 saturated carbocycles. The van der Waals surface area contributed by atoms with Crippen molar-refractivity contribution in [2.75, 3.05) is 46.5 Å². The van der Waals surface area contributed by atoms with Crippen molar-refractivity contribution in [1.82, 2.24) is 9.80 Å². The van der Waals surface area contributed by atoms with Gasteiger partial charge in [0.2, 0.25) is 0 Å². The van der Waals surface area contributed by atoms with E-state index in [1.54, 1.807) is 35.1 Å². The van der Waals surface area contributed by atoms with Crippen molar-refractivity contribution < 1.29 is 23.5 Å². The first kappa shape index (κ1) is 21.1. The number of amides is 2. The van der Waals surface area contributed by atoms with Gasteiger partial charge in [0.15, 0.2) is 0 Å². The highest BCUT2D eigenvalue weighted by Crippen LogP contribution is 2.22. The number of rotatable bonds is 6. The van der Waals surface area contributed by atoms with E-state index in [4.69, 9.17) is 21.1 Å². The molecule has 1 aliphatic rings. The van der Waals surface area contributed by atoms with Gasteiger partial charge in [0.05, 0.1) is 22.8 Å². The zero-order chi connectivity index (χ0) is 20.8. The van der Waals surface area contributed by atoms with E-state index >= 15 is 0 Å². The van der Waals surface area contributed by atoms with Crippen molar-refractivity contribution in [3.05, 3.63) is 64.4 Å². The van der Waals surface area contributed by atoms with Crippen LogP contribution in [0.4, 0.5) is 4.39 Å². The molecule has 8 heteroatoms. The maximum atomic E-state index is 13.2. The highest BCUT2D eigenvalue weighted by Gasteiger charge is 2.27. The molecule has 6 nitrogen and oxygen atoms in total. The fourth-order valence-electron chi connectivity index (χ4n) is 3.12. The molecule has 1 heterocycles. The Morgan fingerprint density at radius 2 is 1.59 bits per heavy atom. The minimum Gasteiger partial charge on any atom is -0.490 e. The van der Waals surface area contributed by atoms with Crippen LogP contribution in [0.5, 0.6) is 5.75 Å². The topological polar surface area (TPSA) is 59.1 Å². The van der Waals surface area contributed by atoms with Crippen molar-refractivity contribution >= 4 is 23.4 Å². The lowest BCUT2D eigenvalue weighted by Crippen LogP contribution is -2.50. The Morgan fingerprint density at radius 1 is 0.966 bits per heavy atom. The number of methoxy groups -OCH3 is 1. The smallest absolute Gasteiger partial charge is 0.257 e. The monoisotopic (exact) mass is 420 g/mol. The number of carbonyl (C=O) groups is 2. The van der Waals surface area contributed by atoms with Gasteiger partial charge in [-0.2, -0.15) is 0 Å². The molecular formula is C21H22ClFN2O4. The number of hydrogen-bond acceptors (Lipinski definition) is 4. The van der Waals surface area contributed by atoms with E-state index in [0.29, 0.717) is 50.7 Å². The third-order valence-corrected chi connectivity index (χ3v) is 4.99. The third kappa shape index (κ3) is 5.05. The number of carbonyl (C=O) groups excluding carboxylic acids is 2. The van der Waals surface area contributed by atoms with Crippen molar-refractivity contribution in [3.8, 4) is 5.75 Å². The predicted molar refractivity (Wildman–Crippen MR) is 107 cm³/mol. The molecule has 0 aromatic heterocycles. The average Bonchev–Trinajstić information content (AvgIpc) is 2.73. The molecule has 154 valence electrons. The van der Waals surface area contributed by atoms with Crippen LogP contribution < -0.4 is 4.74 Å². The second-order valence-electron chi connectivity index (χ2n) is 6.55. The van der Waals surface area contributed by atoms with E-state index in [9.17, 15) is 14.0 Å². The molecule has 2 aromatic carbocycles. The molecule has 0 aliphatic carbocycles. The first-order valence-corrected chi connectivity index (χ1v) is 9.63. The van der Waals surface area contributed by atoms with E-state index in [0.717, 1.165) is 6.07 Å². The SMILES string of the molecule is COCCOc1ccccc1C(=O)N1CCN(C(=O)c2ccc(F)cc2Cl)CC1. The van der Waals surface area contributed by atoms with Crippen LogP contribution in [0.2, 0.25) is 5.02 Å². The summed E-state index contributed by atoms with van der Waals surface area (Å²) in [6.45, 7) is 2.28. The Labute approximate surface area is 173 Å². The zero-order valence-corrected chi connectivity index (χ0v) is 16.8. The fraction of sp³-hybridized carbons (Fsp3) is 0.333. The summed E-state index contributed by atoms with van der Waals surface area (Å²) in [5.74, 6) is -0.408. The molecule has 1 saturated heterocycles. The van der Waals surface area contributed by atoms with Crippen LogP contribution in [0.3, 0.4) is 0 Å². The van der Waals surface area contributed by atoms with Gasteiger partial charge in [0.25, 0.3) is 11.8 Å². The van der Waals surface area contributed by atoms with Crippen molar-refractivity contribution in [2.24, 2.45) is 0 Å². The Balaban J connectivity index is 1.63. The summed E-state index contributed by atoms with van der Waals surface area (Å²) < 4.78 is 23.8. The van der Waals surface area contributed by atoms with Crippen molar-refractivity contribution in [2.45, 2.75) is 0 Å². The average molecular weight is 421 g/mol. The normalized spacial score (nSPS) is 14.0. The second-order valence-corrected chi connectivity index (χ2v) is 6.95. The fourth-order valence-corrected chi connectivity index (χ4v) is 3.37. The molecule has 0 unspecified atom stereocenters. The molecule has 0 bridgehead atoms. The number of nitrogens with zero attached hydrogens (tertiary/aromatic N) is 2. The zero-order valence-electron chi connectivity index (χ0n) is 16.1. The van der Waals surface area contributed by atoms with E-state index in [2.05, 4.69) is 0 Å². The van der Waals surface area contributed by atoms with Gasteiger partial charge in [-0.25, -0.2) is 4.39 Å². The minimum absolute atomic E-state index is 0.0793. The third-order valence-electron chi connectivity index (χ3n) is 4.68. The van der Waals surface area contributed by atoms with E-state index < -0.39 is 5.82 Å². The molecule has 2 amide bonds. The van der Waals surface area contributed by atoms with E-state index in [-0.39, 0.29) is 22.4 Å². The van der Waals surface area contributed by atoms with Crippen LogP contribution in [0, 0.1) is 5.82 Å². The summed E-state index contributed by atoms with van der Waals surface area (Å²) in [5, 5.41) is 0.0793. The number of halogens is 2. The summed E-state index contributed by atoms with van der Waals surface area (Å²) in [7, 11) is 1.58. The number of para-hydroxylation sites is 1. The number of ether oxygens (including phenoxy) is 2. The lowest BCUT2D eigenvalue weighted by Gasteiger charge is -2.35. The first-order valence-electron chi connectivity index (χ1n) is 9.25. The minimum atomic E-state index is -0.492. The number of hydrogen-bond donors (Lipinski definition) is 0. The van der Waals surface area contributed by atoms with Gasteiger partial charge in [0.1, 0.15) is 18.2 Å². The van der Waals surface area contributed by atoms with Crippen LogP contribution in [0.15, 0.2) is 42.5 Å². The summed E-state index contributed by atoms with van der Waals surface area (Å²) in [4.78, 5) is 28.9. The molecule has 0 atom stereocenters. The molecule has 0 radical (unpaired) electrons. The molecule has 1 aliphatic heterocycles. The highest BCUT2D eigenvalue weighted by molar-refractivity contribution is 6.33. The van der Waals surface area contributed by atoms with Crippen LogP contribution in [-0.2, 0) is 4.74 Å². The maximum absolute atomic E-state index is 13.2. The van der Waals surface area contributed by atoms with E-state index in [1.165, 1.54) is 12.1 Å². The van der Waals surface area contributed by atoms with Gasteiger partial charge in [-0.1, -0.05) is 23.7 Å². The van der Waals surface area contributed by atoms with Crippen LogP contribution >= 0.6 is 11.6 Å². The van der Waals surface area contributed by atoms with Gasteiger partial charge >= 0.3 is 0 Å². The van der Waals surface area contributed by atoms with Crippen molar-refractivity contribution in [1.29, 1.82) is 0 Å². The molecule has 0 spiro atoms. The quantitative estimate of drug-likeness (QED) is 0.674. The van der Waals surface area contributed by atoms with Crippen LogP contribution in [-0.4, -0.2) is 68.1 Å². The predicted octanol–water partition coefficient (Wildman–Crippen LogP) is 3.10. The maximum Gasteiger partial charge on any atom is 0.257 e. The second kappa shape index (κ2) is 9.71. The summed E-state index contributed by atoms with van der Waals surface area (Å²) in [6, 6.07) is 10.8. The summed E-state index contributed by atoms with van der Waals surface area (Å²) >= 11 is 6.00. The highest BCUT2D eigenvalue weighted by atomic mass is 35.5. The number of benzene rings is 2. The van der Waals surface area contributed by atoms with Gasteiger partial charge in [-0.05, 0) is 30.3 Å². The van der Waals surface area contributed by atoms with Gasteiger partial charge < -0.3 is 19.3 Å². The largest absolute Gasteiger partial charge is 0.490 e. The molecule has 0 N–H and O–H groups in total. The molecule has 2 aromatic rings. The van der Waals surface area contributed by atoms with Crippen molar-refractivity contribution in [3.63, 3.8) is 0 Å². The van der Waals surface area contributed by atoms with Gasteiger partial charge in [-0.3, -0.25) is 9.59 Å². The van der Waals surface area contributed by atoms with Gasteiger partial charge in [0, 0.05) is 33.3 Å². The standard InChI is InChI=1S/C21H22ClFN2O4/c1-28-12-13-29-19-5-3-2-4-17(19)21(27)25-10-8-24(9-11-25)20(26)16-7-6-15(23)14-18(16)22/h2-7,14H,8-13H2,1H3. The Morgan fingerprint density at radius 3 is 2.21 bits per heavy atom. The summed E-state index contributed by atoms with van der Waals surface area (Å²) in [5.41, 5.74) is 0.731. The lowest BCUT2D eigenvalue weighted by molar-refractivity contribution is 0.0532. The van der Waals surface area contributed by atoms with Gasteiger partial charge in [-0.15, -0.1) is 0 Å². The summed E-state index contributed by atoms with van der Waals surface area (Å²) in [6.07, 6.45) is 0. The molecule has 1 fully saturated rings. The van der Waals surface area contributed by atoms with Crippen LogP contribution in [0.1, 0.15) is 20.7 Å². The molecular weight excluding hydrogens is 399 g/mol. The number of piperazine rings is 1.